The summed E-state index contributed by atoms with van der Waals surface area (Å²) in [4.78, 5) is 2.50. The Balaban J connectivity index is 1.91. The molecule has 2 aliphatic rings. The van der Waals surface area contributed by atoms with Gasteiger partial charge in [-0.2, -0.15) is 0 Å². The fourth-order valence-corrected chi connectivity index (χ4v) is 3.26. The SMILES string of the molecule is CCN1CCC(CN)C1c1ccc2c(c1)OCCO2. The lowest BCUT2D eigenvalue weighted by atomic mass is 9.93. The number of likely N-dealkylation sites (tertiary alicyclic amines) is 1. The van der Waals surface area contributed by atoms with E-state index in [0.29, 0.717) is 25.2 Å². The second-order valence-electron chi connectivity index (χ2n) is 5.26. The van der Waals surface area contributed by atoms with Crippen LogP contribution in [0.25, 0.3) is 0 Å². The maximum Gasteiger partial charge on any atom is 0.161 e. The monoisotopic (exact) mass is 262 g/mol. The van der Waals surface area contributed by atoms with Crippen molar-refractivity contribution in [2.75, 3.05) is 32.8 Å². The molecular weight excluding hydrogens is 240 g/mol. The Labute approximate surface area is 114 Å². The molecule has 1 aromatic carbocycles. The van der Waals surface area contributed by atoms with Crippen molar-refractivity contribution in [2.45, 2.75) is 19.4 Å². The highest BCUT2D eigenvalue weighted by atomic mass is 16.6. The van der Waals surface area contributed by atoms with Gasteiger partial charge in [0.2, 0.25) is 0 Å². The van der Waals surface area contributed by atoms with Crippen molar-refractivity contribution in [1.29, 1.82) is 0 Å². The number of hydrogen-bond donors (Lipinski definition) is 1. The van der Waals surface area contributed by atoms with Crippen LogP contribution in [0, 0.1) is 5.92 Å². The van der Waals surface area contributed by atoms with E-state index >= 15 is 0 Å². The van der Waals surface area contributed by atoms with Crippen molar-refractivity contribution in [2.24, 2.45) is 11.7 Å². The summed E-state index contributed by atoms with van der Waals surface area (Å²) in [5.41, 5.74) is 7.24. The standard InChI is InChI=1S/C15H22N2O2/c1-2-17-6-5-12(10-16)15(17)11-3-4-13-14(9-11)19-8-7-18-13/h3-4,9,12,15H,2,5-8,10,16H2,1H3. The maximum atomic E-state index is 5.93. The lowest BCUT2D eigenvalue weighted by Gasteiger charge is -2.28. The van der Waals surface area contributed by atoms with Gasteiger partial charge in [-0.3, -0.25) is 4.90 Å². The molecule has 1 fully saturated rings. The van der Waals surface area contributed by atoms with E-state index in [1.165, 1.54) is 12.0 Å². The maximum absolute atomic E-state index is 5.93. The van der Waals surface area contributed by atoms with Gasteiger partial charge in [0.05, 0.1) is 0 Å². The summed E-state index contributed by atoms with van der Waals surface area (Å²) in [6.45, 7) is 6.44. The van der Waals surface area contributed by atoms with Crippen LogP contribution in [0.5, 0.6) is 11.5 Å². The summed E-state index contributed by atoms with van der Waals surface area (Å²) in [6.07, 6.45) is 1.18. The molecule has 2 atom stereocenters. The fourth-order valence-electron chi connectivity index (χ4n) is 3.26. The van der Waals surface area contributed by atoms with Gasteiger partial charge in [-0.1, -0.05) is 13.0 Å². The Morgan fingerprint density at radius 1 is 1.26 bits per heavy atom. The lowest BCUT2D eigenvalue weighted by molar-refractivity contribution is 0.170. The quantitative estimate of drug-likeness (QED) is 0.902. The van der Waals surface area contributed by atoms with Crippen molar-refractivity contribution in [3.63, 3.8) is 0 Å². The van der Waals surface area contributed by atoms with E-state index in [2.05, 4.69) is 24.0 Å². The molecule has 2 N–H and O–H groups in total. The molecule has 2 heterocycles. The highest BCUT2D eigenvalue weighted by Crippen LogP contribution is 2.40. The summed E-state index contributed by atoms with van der Waals surface area (Å²) in [6, 6.07) is 6.75. The Kier molecular flexibility index (Phi) is 3.62. The van der Waals surface area contributed by atoms with Crippen molar-refractivity contribution in [1.82, 2.24) is 4.90 Å². The van der Waals surface area contributed by atoms with Crippen LogP contribution >= 0.6 is 0 Å². The molecule has 0 amide bonds. The van der Waals surface area contributed by atoms with Crippen LogP contribution in [0.1, 0.15) is 24.9 Å². The average molecular weight is 262 g/mol. The van der Waals surface area contributed by atoms with Gasteiger partial charge in [0.1, 0.15) is 13.2 Å². The molecular formula is C15H22N2O2. The number of hydrogen-bond acceptors (Lipinski definition) is 4. The minimum atomic E-state index is 0.422. The van der Waals surface area contributed by atoms with Gasteiger partial charge in [0.25, 0.3) is 0 Å². The zero-order chi connectivity index (χ0) is 13.2. The van der Waals surface area contributed by atoms with Crippen LogP contribution in [0.4, 0.5) is 0 Å². The minimum Gasteiger partial charge on any atom is -0.486 e. The van der Waals surface area contributed by atoms with Crippen LogP contribution in [-0.2, 0) is 0 Å². The molecule has 1 aromatic rings. The largest absolute Gasteiger partial charge is 0.486 e. The van der Waals surface area contributed by atoms with Gasteiger partial charge < -0.3 is 15.2 Å². The molecule has 0 aromatic heterocycles. The van der Waals surface area contributed by atoms with E-state index < -0.39 is 0 Å². The summed E-state index contributed by atoms with van der Waals surface area (Å²) < 4.78 is 11.3. The highest BCUT2D eigenvalue weighted by molar-refractivity contribution is 5.45. The smallest absolute Gasteiger partial charge is 0.161 e. The topological polar surface area (TPSA) is 47.7 Å². The first-order valence-corrected chi connectivity index (χ1v) is 7.17. The number of rotatable bonds is 3. The molecule has 0 bridgehead atoms. The summed E-state index contributed by atoms with van der Waals surface area (Å²) in [5.74, 6) is 2.28. The zero-order valence-electron chi connectivity index (χ0n) is 11.5. The molecule has 2 aliphatic heterocycles. The first-order valence-electron chi connectivity index (χ1n) is 7.17. The second-order valence-corrected chi connectivity index (χ2v) is 5.26. The summed E-state index contributed by atoms with van der Waals surface area (Å²) >= 11 is 0. The van der Waals surface area contributed by atoms with Crippen LogP contribution in [0.15, 0.2) is 18.2 Å². The molecule has 19 heavy (non-hydrogen) atoms. The van der Waals surface area contributed by atoms with Crippen molar-refractivity contribution in [3.8, 4) is 11.5 Å². The van der Waals surface area contributed by atoms with E-state index in [-0.39, 0.29) is 0 Å². The second kappa shape index (κ2) is 5.39. The molecule has 0 radical (unpaired) electrons. The molecule has 4 heteroatoms. The first-order chi connectivity index (χ1) is 9.33. The van der Waals surface area contributed by atoms with Crippen LogP contribution in [0.3, 0.4) is 0 Å². The lowest BCUT2D eigenvalue weighted by Crippen LogP contribution is -2.28. The van der Waals surface area contributed by atoms with Crippen molar-refractivity contribution in [3.05, 3.63) is 23.8 Å². The van der Waals surface area contributed by atoms with Gasteiger partial charge in [-0.05, 0) is 49.7 Å². The third-order valence-electron chi connectivity index (χ3n) is 4.24. The third-order valence-corrected chi connectivity index (χ3v) is 4.24. The number of fused-ring (bicyclic) bond motifs is 1. The van der Waals surface area contributed by atoms with E-state index in [9.17, 15) is 0 Å². The van der Waals surface area contributed by atoms with Gasteiger partial charge in [0, 0.05) is 6.04 Å². The number of ether oxygens (including phenoxy) is 2. The van der Waals surface area contributed by atoms with Crippen LogP contribution in [0.2, 0.25) is 0 Å². The third kappa shape index (κ3) is 2.30. The Hall–Kier alpha value is -1.26. The summed E-state index contributed by atoms with van der Waals surface area (Å²) in [7, 11) is 0. The van der Waals surface area contributed by atoms with Gasteiger partial charge in [-0.15, -0.1) is 0 Å². The van der Waals surface area contributed by atoms with Crippen molar-refractivity contribution < 1.29 is 9.47 Å². The molecule has 104 valence electrons. The highest BCUT2D eigenvalue weighted by Gasteiger charge is 2.33. The molecule has 2 unspecified atom stereocenters. The summed E-state index contributed by atoms with van der Waals surface area (Å²) in [5, 5.41) is 0. The van der Waals surface area contributed by atoms with Gasteiger partial charge >= 0.3 is 0 Å². The fraction of sp³-hybridized carbons (Fsp3) is 0.600. The van der Waals surface area contributed by atoms with Crippen LogP contribution in [-0.4, -0.2) is 37.7 Å². The Morgan fingerprint density at radius 3 is 2.79 bits per heavy atom. The van der Waals surface area contributed by atoms with Gasteiger partial charge in [0.15, 0.2) is 11.5 Å². The molecule has 0 saturated carbocycles. The van der Waals surface area contributed by atoms with Crippen LogP contribution < -0.4 is 15.2 Å². The zero-order valence-corrected chi connectivity index (χ0v) is 11.5. The predicted octanol–water partition coefficient (Wildman–Crippen LogP) is 1.80. The van der Waals surface area contributed by atoms with E-state index in [1.807, 2.05) is 6.07 Å². The van der Waals surface area contributed by atoms with Crippen molar-refractivity contribution >= 4 is 0 Å². The number of nitrogens with two attached hydrogens (primary N) is 1. The predicted molar refractivity (Wildman–Crippen MR) is 74.6 cm³/mol. The molecule has 1 saturated heterocycles. The van der Waals surface area contributed by atoms with E-state index in [1.54, 1.807) is 0 Å². The number of nitrogens with zero attached hydrogens (tertiary/aromatic N) is 1. The Bertz CT molecular complexity index is 438. The van der Waals surface area contributed by atoms with E-state index in [0.717, 1.165) is 31.1 Å². The van der Waals surface area contributed by atoms with E-state index in [4.69, 9.17) is 15.2 Å². The van der Waals surface area contributed by atoms with Gasteiger partial charge in [-0.25, -0.2) is 0 Å². The minimum absolute atomic E-state index is 0.422. The average Bonchev–Trinajstić information content (AvgIpc) is 2.89. The number of benzene rings is 1. The molecule has 4 nitrogen and oxygen atoms in total. The normalized spacial score (nSPS) is 26.6. The molecule has 3 rings (SSSR count). The first kappa shape index (κ1) is 12.8. The molecule has 0 aliphatic carbocycles. The Morgan fingerprint density at radius 2 is 2.05 bits per heavy atom. The molecule has 0 spiro atoms.